The smallest absolute Gasteiger partial charge is 0.276 e. The maximum absolute atomic E-state index is 12.1. The molecule has 1 N–H and O–H groups in total. The van der Waals surface area contributed by atoms with Gasteiger partial charge in [0, 0.05) is 13.6 Å². The molecule has 0 bridgehead atoms. The van der Waals surface area contributed by atoms with Crippen molar-refractivity contribution >= 4 is 39.5 Å². The second kappa shape index (κ2) is 5.21. The number of hydrogen-bond acceptors (Lipinski definition) is 5. The summed E-state index contributed by atoms with van der Waals surface area (Å²) in [6.07, 6.45) is 4.39. The van der Waals surface area contributed by atoms with Crippen LogP contribution < -0.4 is 5.32 Å². The minimum atomic E-state index is -0.137. The Morgan fingerprint density at radius 2 is 2.32 bits per heavy atom. The number of rotatable bonds is 3. The molecule has 0 unspecified atom stereocenters. The first kappa shape index (κ1) is 13.5. The van der Waals surface area contributed by atoms with Gasteiger partial charge >= 0.3 is 0 Å². The van der Waals surface area contributed by atoms with Gasteiger partial charge in [-0.3, -0.25) is 10.1 Å². The highest BCUT2D eigenvalue weighted by Gasteiger charge is 2.28. The number of carbonyl (C=O) groups is 1. The van der Waals surface area contributed by atoms with Crippen molar-refractivity contribution in [3.8, 4) is 0 Å². The zero-order chi connectivity index (χ0) is 15.1. The number of hydrogen-bond donors (Lipinski definition) is 1. The van der Waals surface area contributed by atoms with Gasteiger partial charge < -0.3 is 4.90 Å². The van der Waals surface area contributed by atoms with E-state index in [4.69, 9.17) is 0 Å². The Bertz CT molecular complexity index is 803. The predicted octanol–water partition coefficient (Wildman–Crippen LogP) is 2.46. The standard InChI is InChI=1S/C16H16N4OS/c1-20(8-10-2-3-10)16-18-13(15(21)19-16)6-11-4-5-12-14(7-11)22-9-17-12/h4-7,9-10H,2-3,8H2,1H3,(H,18,19,21)/b13-6-. The van der Waals surface area contributed by atoms with E-state index in [1.165, 1.54) is 12.8 Å². The van der Waals surface area contributed by atoms with E-state index in [-0.39, 0.29) is 5.91 Å². The van der Waals surface area contributed by atoms with Crippen LogP contribution in [0.5, 0.6) is 0 Å². The van der Waals surface area contributed by atoms with Gasteiger partial charge in [0.15, 0.2) is 0 Å². The lowest BCUT2D eigenvalue weighted by Gasteiger charge is -2.17. The minimum Gasteiger partial charge on any atom is -0.345 e. The number of aliphatic imine (C=N–C) groups is 1. The molecule has 5 nitrogen and oxygen atoms in total. The summed E-state index contributed by atoms with van der Waals surface area (Å²) in [7, 11) is 1.98. The maximum Gasteiger partial charge on any atom is 0.276 e. The topological polar surface area (TPSA) is 57.6 Å². The number of amides is 1. The molecule has 1 saturated carbocycles. The summed E-state index contributed by atoms with van der Waals surface area (Å²) >= 11 is 1.59. The summed E-state index contributed by atoms with van der Waals surface area (Å²) in [5.41, 5.74) is 4.24. The molecule has 1 aromatic carbocycles. The van der Waals surface area contributed by atoms with Gasteiger partial charge in [0.1, 0.15) is 5.70 Å². The normalized spacial score (nSPS) is 19.6. The Balaban J connectivity index is 1.59. The lowest BCUT2D eigenvalue weighted by Crippen LogP contribution is -2.38. The second-order valence-electron chi connectivity index (χ2n) is 5.82. The number of benzene rings is 1. The van der Waals surface area contributed by atoms with Gasteiger partial charge in [0.2, 0.25) is 5.96 Å². The van der Waals surface area contributed by atoms with Crippen molar-refractivity contribution < 1.29 is 4.79 Å². The van der Waals surface area contributed by atoms with Gasteiger partial charge in [-0.15, -0.1) is 11.3 Å². The number of nitrogens with one attached hydrogen (secondary N) is 1. The fraction of sp³-hybridized carbons (Fsp3) is 0.312. The molecule has 1 aliphatic heterocycles. The number of aromatic nitrogens is 1. The fourth-order valence-electron chi connectivity index (χ4n) is 2.53. The van der Waals surface area contributed by atoms with E-state index >= 15 is 0 Å². The van der Waals surface area contributed by atoms with Crippen LogP contribution in [0.4, 0.5) is 0 Å². The summed E-state index contributed by atoms with van der Waals surface area (Å²) in [6.45, 7) is 0.958. The highest BCUT2D eigenvalue weighted by Crippen LogP contribution is 2.29. The molecule has 2 aromatic rings. The molecule has 6 heteroatoms. The van der Waals surface area contributed by atoms with Crippen LogP contribution in [0.25, 0.3) is 16.3 Å². The molecule has 0 spiro atoms. The van der Waals surface area contributed by atoms with Crippen LogP contribution >= 0.6 is 11.3 Å². The van der Waals surface area contributed by atoms with Gasteiger partial charge in [-0.25, -0.2) is 9.98 Å². The number of nitrogens with zero attached hydrogens (tertiary/aromatic N) is 3. The van der Waals surface area contributed by atoms with E-state index in [9.17, 15) is 4.79 Å². The Morgan fingerprint density at radius 1 is 1.45 bits per heavy atom. The van der Waals surface area contributed by atoms with Crippen molar-refractivity contribution in [3.63, 3.8) is 0 Å². The summed E-state index contributed by atoms with van der Waals surface area (Å²) in [5.74, 6) is 1.27. The lowest BCUT2D eigenvalue weighted by atomic mass is 10.2. The zero-order valence-electron chi connectivity index (χ0n) is 12.2. The highest BCUT2D eigenvalue weighted by molar-refractivity contribution is 7.16. The van der Waals surface area contributed by atoms with Crippen molar-refractivity contribution in [2.45, 2.75) is 12.8 Å². The number of fused-ring (bicyclic) bond motifs is 1. The van der Waals surface area contributed by atoms with E-state index in [0.29, 0.717) is 11.7 Å². The molecule has 112 valence electrons. The van der Waals surface area contributed by atoms with Crippen LogP contribution in [-0.4, -0.2) is 35.3 Å². The van der Waals surface area contributed by atoms with Crippen LogP contribution in [0, 0.1) is 5.92 Å². The molecule has 0 radical (unpaired) electrons. The maximum atomic E-state index is 12.1. The molecule has 4 rings (SSSR count). The number of thiazole rings is 1. The summed E-state index contributed by atoms with van der Waals surface area (Å²) in [4.78, 5) is 22.8. The molecule has 2 aliphatic rings. The minimum absolute atomic E-state index is 0.137. The van der Waals surface area contributed by atoms with Gasteiger partial charge in [-0.05, 0) is 42.5 Å². The quantitative estimate of drug-likeness (QED) is 0.886. The average molecular weight is 312 g/mol. The SMILES string of the molecule is CN(CC1CC1)C1=N/C(=C\c2ccc3ncsc3c2)C(=O)N1. The summed E-state index contributed by atoms with van der Waals surface area (Å²) in [5, 5.41) is 2.85. The fourth-order valence-corrected chi connectivity index (χ4v) is 3.26. The molecule has 0 saturated heterocycles. The Morgan fingerprint density at radius 3 is 3.14 bits per heavy atom. The third-order valence-electron chi connectivity index (χ3n) is 3.93. The van der Waals surface area contributed by atoms with Crippen LogP contribution in [0.15, 0.2) is 34.4 Å². The molecule has 1 aliphatic carbocycles. The van der Waals surface area contributed by atoms with E-state index in [1.54, 1.807) is 11.3 Å². The number of guanidine groups is 1. The first-order valence-electron chi connectivity index (χ1n) is 7.35. The van der Waals surface area contributed by atoms with Crippen molar-refractivity contribution in [1.82, 2.24) is 15.2 Å². The van der Waals surface area contributed by atoms with E-state index in [0.717, 1.165) is 28.2 Å². The third-order valence-corrected chi connectivity index (χ3v) is 4.73. The van der Waals surface area contributed by atoms with Crippen molar-refractivity contribution in [2.24, 2.45) is 10.9 Å². The molecule has 22 heavy (non-hydrogen) atoms. The molecule has 0 atom stereocenters. The molecule has 1 amide bonds. The van der Waals surface area contributed by atoms with Gasteiger partial charge in [-0.2, -0.15) is 0 Å². The largest absolute Gasteiger partial charge is 0.345 e. The Labute approximate surface area is 132 Å². The third kappa shape index (κ3) is 2.62. The Kier molecular flexibility index (Phi) is 3.18. The van der Waals surface area contributed by atoms with Crippen LogP contribution in [0.2, 0.25) is 0 Å². The van der Waals surface area contributed by atoms with Gasteiger partial charge in [0.05, 0.1) is 15.7 Å². The van der Waals surface area contributed by atoms with E-state index < -0.39 is 0 Å². The lowest BCUT2D eigenvalue weighted by molar-refractivity contribution is -0.115. The molecular weight excluding hydrogens is 296 g/mol. The zero-order valence-corrected chi connectivity index (χ0v) is 13.1. The summed E-state index contributed by atoms with van der Waals surface area (Å²) < 4.78 is 1.11. The van der Waals surface area contributed by atoms with E-state index in [2.05, 4.69) is 15.3 Å². The van der Waals surface area contributed by atoms with Gasteiger partial charge in [0.25, 0.3) is 5.91 Å². The monoisotopic (exact) mass is 312 g/mol. The molecule has 1 aromatic heterocycles. The molecule has 1 fully saturated rings. The second-order valence-corrected chi connectivity index (χ2v) is 6.71. The Hall–Kier alpha value is -2.21. The van der Waals surface area contributed by atoms with Crippen molar-refractivity contribution in [2.75, 3.05) is 13.6 Å². The van der Waals surface area contributed by atoms with Crippen molar-refractivity contribution in [3.05, 3.63) is 35.0 Å². The summed E-state index contributed by atoms with van der Waals surface area (Å²) in [6, 6.07) is 5.97. The average Bonchev–Trinajstić information content (AvgIpc) is 3.06. The number of carbonyl (C=O) groups excluding carboxylic acids is 1. The van der Waals surface area contributed by atoms with E-state index in [1.807, 2.05) is 41.7 Å². The molecule has 2 heterocycles. The predicted molar refractivity (Wildman–Crippen MR) is 88.5 cm³/mol. The first-order chi connectivity index (χ1) is 10.7. The van der Waals surface area contributed by atoms with Crippen LogP contribution in [0.1, 0.15) is 18.4 Å². The van der Waals surface area contributed by atoms with Crippen LogP contribution in [0.3, 0.4) is 0 Å². The first-order valence-corrected chi connectivity index (χ1v) is 8.23. The van der Waals surface area contributed by atoms with Crippen molar-refractivity contribution in [1.29, 1.82) is 0 Å². The molecular formula is C16H16N4OS. The van der Waals surface area contributed by atoms with Gasteiger partial charge in [-0.1, -0.05) is 6.07 Å². The highest BCUT2D eigenvalue weighted by atomic mass is 32.1. The van der Waals surface area contributed by atoms with Crippen LogP contribution in [-0.2, 0) is 4.79 Å².